The van der Waals surface area contributed by atoms with Crippen LogP contribution in [0.3, 0.4) is 0 Å². The second-order valence-corrected chi connectivity index (χ2v) is 10.5. The van der Waals surface area contributed by atoms with Crippen LogP contribution in [0.25, 0.3) is 0 Å². The van der Waals surface area contributed by atoms with Crippen molar-refractivity contribution < 1.29 is 19.1 Å². The molecular formula is C26H29NO4. The molecule has 2 aromatic rings. The van der Waals surface area contributed by atoms with Gasteiger partial charge >= 0.3 is 5.97 Å². The number of benzene rings is 2. The lowest BCUT2D eigenvalue weighted by atomic mass is 9.65. The summed E-state index contributed by atoms with van der Waals surface area (Å²) in [6.07, 6.45) is 3.16. The van der Waals surface area contributed by atoms with Gasteiger partial charge in [0, 0.05) is 23.7 Å². The average Bonchev–Trinajstić information content (AvgIpc) is 2.98. The largest absolute Gasteiger partial charge is 0.457 e. The molecule has 2 heterocycles. The van der Waals surface area contributed by atoms with Gasteiger partial charge in [0.15, 0.2) is 6.61 Å². The van der Waals surface area contributed by atoms with E-state index in [1.165, 1.54) is 0 Å². The third kappa shape index (κ3) is 3.60. The zero-order valence-electron chi connectivity index (χ0n) is 18.4. The number of carbonyl (C=O) groups excluding carboxylic acids is 2. The number of rotatable bonds is 3. The summed E-state index contributed by atoms with van der Waals surface area (Å²) in [5.74, 6) is 0.206. The van der Waals surface area contributed by atoms with E-state index in [0.29, 0.717) is 11.5 Å². The Hall–Kier alpha value is -2.82. The van der Waals surface area contributed by atoms with E-state index in [4.69, 9.17) is 9.47 Å². The molecule has 31 heavy (non-hydrogen) atoms. The Labute approximate surface area is 183 Å². The van der Waals surface area contributed by atoms with E-state index in [9.17, 15) is 9.59 Å². The molecule has 1 amide bonds. The number of carbonyl (C=O) groups is 2. The Bertz CT molecular complexity index is 1000. The Kier molecular flexibility index (Phi) is 4.61. The molecule has 0 N–H and O–H groups in total. The van der Waals surface area contributed by atoms with Crippen LogP contribution in [0.4, 0.5) is 0 Å². The molecule has 5 nitrogen and oxygen atoms in total. The van der Waals surface area contributed by atoms with E-state index in [-0.39, 0.29) is 29.4 Å². The average molecular weight is 420 g/mol. The molecule has 1 aliphatic carbocycles. The molecule has 2 bridgehead atoms. The number of fused-ring (bicyclic) bond motifs is 4. The van der Waals surface area contributed by atoms with Gasteiger partial charge in [0.2, 0.25) is 0 Å². The van der Waals surface area contributed by atoms with Crippen LogP contribution in [-0.4, -0.2) is 36.0 Å². The summed E-state index contributed by atoms with van der Waals surface area (Å²) in [6.45, 7) is 7.38. The lowest BCUT2D eigenvalue weighted by Crippen LogP contribution is -2.40. The first kappa shape index (κ1) is 20.1. The molecule has 2 fully saturated rings. The number of ether oxygens (including phenoxy) is 2. The maximum absolute atomic E-state index is 13.2. The van der Waals surface area contributed by atoms with Gasteiger partial charge < -0.3 is 14.4 Å². The van der Waals surface area contributed by atoms with Crippen LogP contribution in [0.2, 0.25) is 0 Å². The van der Waals surface area contributed by atoms with E-state index in [2.05, 4.69) is 20.8 Å². The molecule has 5 heteroatoms. The highest BCUT2D eigenvalue weighted by atomic mass is 16.5. The summed E-state index contributed by atoms with van der Waals surface area (Å²) in [7, 11) is 0. The number of nitrogens with zero attached hydrogens (tertiary/aromatic N) is 1. The van der Waals surface area contributed by atoms with Crippen LogP contribution in [0.15, 0.2) is 48.5 Å². The maximum Gasteiger partial charge on any atom is 0.318 e. The van der Waals surface area contributed by atoms with Gasteiger partial charge in [-0.05, 0) is 42.2 Å². The van der Waals surface area contributed by atoms with Gasteiger partial charge in [-0.1, -0.05) is 57.2 Å². The molecule has 0 radical (unpaired) electrons. The highest BCUT2D eigenvalue weighted by Crippen LogP contribution is 2.52. The van der Waals surface area contributed by atoms with Gasteiger partial charge in [0.1, 0.15) is 17.4 Å². The second-order valence-electron chi connectivity index (χ2n) is 10.5. The third-order valence-corrected chi connectivity index (χ3v) is 6.99. The van der Waals surface area contributed by atoms with Crippen LogP contribution < -0.4 is 4.74 Å². The van der Waals surface area contributed by atoms with Gasteiger partial charge in [-0.15, -0.1) is 0 Å². The van der Waals surface area contributed by atoms with Crippen molar-refractivity contribution in [1.82, 2.24) is 4.90 Å². The summed E-state index contributed by atoms with van der Waals surface area (Å²) < 4.78 is 11.6. The first-order valence-electron chi connectivity index (χ1n) is 11.1. The lowest BCUT2D eigenvalue weighted by Gasteiger charge is -2.39. The molecule has 1 saturated carbocycles. The van der Waals surface area contributed by atoms with Crippen molar-refractivity contribution in [2.24, 2.45) is 10.8 Å². The first-order chi connectivity index (χ1) is 14.7. The molecule has 2 aromatic carbocycles. The molecule has 5 rings (SSSR count). The van der Waals surface area contributed by atoms with Crippen LogP contribution in [0.5, 0.6) is 11.5 Å². The Balaban J connectivity index is 1.32. The van der Waals surface area contributed by atoms with E-state index in [1.807, 2.05) is 53.4 Å². The van der Waals surface area contributed by atoms with Crippen molar-refractivity contribution in [2.75, 3.05) is 13.2 Å². The van der Waals surface area contributed by atoms with Gasteiger partial charge in [0.05, 0.1) is 0 Å². The fraction of sp³-hybridized carbons (Fsp3) is 0.462. The molecule has 1 saturated heterocycles. The minimum atomic E-state index is -0.594. The third-order valence-electron chi connectivity index (χ3n) is 6.99. The molecule has 2 aliphatic heterocycles. The minimum absolute atomic E-state index is 0.0894. The van der Waals surface area contributed by atoms with Crippen molar-refractivity contribution in [1.29, 1.82) is 0 Å². The first-order valence-corrected chi connectivity index (χ1v) is 11.1. The van der Waals surface area contributed by atoms with Gasteiger partial charge in [0.25, 0.3) is 5.91 Å². The van der Waals surface area contributed by atoms with Crippen molar-refractivity contribution in [3.05, 3.63) is 59.7 Å². The smallest absolute Gasteiger partial charge is 0.318 e. The summed E-state index contributed by atoms with van der Waals surface area (Å²) >= 11 is 0. The standard InChI is InChI=1S/C26H29NO4/c1-25(2)12-17-13-26(3,15-25)16-27(17)22(28)14-30-24(29)23-18-8-4-6-10-20(18)31-21-11-7-5-9-19(21)23/h4-11,17,23H,12-16H2,1-3H3/t17-,26-/m1/s1. The fourth-order valence-corrected chi connectivity index (χ4v) is 6.21. The number of para-hydroxylation sites is 2. The van der Waals surface area contributed by atoms with Crippen LogP contribution >= 0.6 is 0 Å². The predicted molar refractivity (Wildman–Crippen MR) is 117 cm³/mol. The highest BCUT2D eigenvalue weighted by molar-refractivity contribution is 5.88. The summed E-state index contributed by atoms with van der Waals surface area (Å²) in [6, 6.07) is 15.2. The normalized spacial score (nSPS) is 25.9. The Morgan fingerprint density at radius 3 is 2.26 bits per heavy atom. The van der Waals surface area contributed by atoms with Crippen molar-refractivity contribution in [3.63, 3.8) is 0 Å². The summed E-state index contributed by atoms with van der Waals surface area (Å²) in [5, 5.41) is 0. The van der Waals surface area contributed by atoms with Crippen molar-refractivity contribution in [2.45, 2.75) is 52.0 Å². The lowest BCUT2D eigenvalue weighted by molar-refractivity contribution is -0.153. The number of likely N-dealkylation sites (tertiary alicyclic amines) is 1. The molecule has 0 spiro atoms. The van der Waals surface area contributed by atoms with E-state index in [1.54, 1.807) is 0 Å². The van der Waals surface area contributed by atoms with Gasteiger partial charge in [-0.3, -0.25) is 9.59 Å². The number of hydrogen-bond donors (Lipinski definition) is 0. The Morgan fingerprint density at radius 1 is 1.00 bits per heavy atom. The topological polar surface area (TPSA) is 55.8 Å². The molecule has 162 valence electrons. The molecule has 3 aliphatic rings. The fourth-order valence-electron chi connectivity index (χ4n) is 6.21. The predicted octanol–water partition coefficient (Wildman–Crippen LogP) is 4.89. The van der Waals surface area contributed by atoms with E-state index < -0.39 is 11.9 Å². The van der Waals surface area contributed by atoms with Crippen molar-refractivity contribution in [3.8, 4) is 11.5 Å². The van der Waals surface area contributed by atoms with E-state index in [0.717, 1.165) is 36.9 Å². The molecule has 0 aromatic heterocycles. The maximum atomic E-state index is 13.2. The van der Waals surface area contributed by atoms with Crippen LogP contribution in [0, 0.1) is 10.8 Å². The van der Waals surface area contributed by atoms with Crippen LogP contribution in [0.1, 0.15) is 57.1 Å². The Morgan fingerprint density at radius 2 is 1.61 bits per heavy atom. The molecular weight excluding hydrogens is 390 g/mol. The number of esters is 1. The number of amides is 1. The van der Waals surface area contributed by atoms with Gasteiger partial charge in [-0.2, -0.15) is 0 Å². The van der Waals surface area contributed by atoms with Crippen LogP contribution in [-0.2, 0) is 14.3 Å². The summed E-state index contributed by atoms with van der Waals surface area (Å²) in [5.41, 5.74) is 1.93. The quantitative estimate of drug-likeness (QED) is 0.665. The monoisotopic (exact) mass is 419 g/mol. The molecule has 0 unspecified atom stereocenters. The molecule has 2 atom stereocenters. The van der Waals surface area contributed by atoms with E-state index >= 15 is 0 Å². The highest BCUT2D eigenvalue weighted by Gasteiger charge is 2.51. The number of hydrogen-bond acceptors (Lipinski definition) is 4. The minimum Gasteiger partial charge on any atom is -0.457 e. The second kappa shape index (κ2) is 7.11. The zero-order valence-corrected chi connectivity index (χ0v) is 18.4. The summed E-state index contributed by atoms with van der Waals surface area (Å²) in [4.78, 5) is 28.2. The SMILES string of the molecule is CC1(C)C[C@@H]2C[C@@](C)(CN2C(=O)COC(=O)C2c3ccccc3Oc3ccccc32)C1. The van der Waals surface area contributed by atoms with Gasteiger partial charge in [-0.25, -0.2) is 0 Å². The zero-order chi connectivity index (χ0) is 21.8. The van der Waals surface area contributed by atoms with Crippen molar-refractivity contribution >= 4 is 11.9 Å².